The van der Waals surface area contributed by atoms with Crippen LogP contribution in [-0.4, -0.2) is 11.9 Å². The molecular weight excluding hydrogens is 238 g/mol. The van der Waals surface area contributed by atoms with E-state index in [4.69, 9.17) is 5.73 Å². The molecule has 1 aromatic carbocycles. The summed E-state index contributed by atoms with van der Waals surface area (Å²) in [6, 6.07) is 2.04. The fraction of sp³-hybridized carbons (Fsp3) is 0.462. The van der Waals surface area contributed by atoms with Gasteiger partial charge >= 0.3 is 0 Å². The van der Waals surface area contributed by atoms with Crippen LogP contribution in [0.5, 0.6) is 0 Å². The quantitative estimate of drug-likeness (QED) is 0.797. The van der Waals surface area contributed by atoms with Crippen molar-refractivity contribution in [3.05, 3.63) is 29.3 Å². The van der Waals surface area contributed by atoms with E-state index in [0.29, 0.717) is 0 Å². The Kier molecular flexibility index (Phi) is 3.79. The zero-order chi connectivity index (χ0) is 13.1. The highest BCUT2D eigenvalue weighted by Crippen LogP contribution is 2.20. The summed E-state index contributed by atoms with van der Waals surface area (Å²) in [5.74, 6) is -2.24. The van der Waals surface area contributed by atoms with E-state index in [9.17, 15) is 13.6 Å². The van der Waals surface area contributed by atoms with Gasteiger partial charge in [-0.2, -0.15) is 0 Å². The molecule has 0 unspecified atom stereocenters. The van der Waals surface area contributed by atoms with Crippen LogP contribution in [-0.2, 0) is 0 Å². The van der Waals surface area contributed by atoms with Crippen LogP contribution in [0.15, 0.2) is 12.1 Å². The lowest BCUT2D eigenvalue weighted by Gasteiger charge is -2.22. The monoisotopic (exact) mass is 254 g/mol. The number of hydrogen-bond donors (Lipinski definition) is 2. The van der Waals surface area contributed by atoms with E-state index in [-0.39, 0.29) is 11.6 Å². The molecule has 2 rings (SSSR count). The van der Waals surface area contributed by atoms with Gasteiger partial charge in [0.15, 0.2) is 0 Å². The molecule has 0 spiro atoms. The van der Waals surface area contributed by atoms with Gasteiger partial charge in [-0.25, -0.2) is 8.78 Å². The predicted octanol–water partition coefficient (Wildman–Crippen LogP) is 2.61. The van der Waals surface area contributed by atoms with Crippen LogP contribution in [0.4, 0.5) is 14.5 Å². The summed E-state index contributed by atoms with van der Waals surface area (Å²) >= 11 is 0. The zero-order valence-electron chi connectivity index (χ0n) is 10.0. The average molecular weight is 254 g/mol. The molecule has 5 heteroatoms. The minimum Gasteiger partial charge on any atom is -0.394 e. The van der Waals surface area contributed by atoms with Crippen molar-refractivity contribution >= 4 is 11.6 Å². The summed E-state index contributed by atoms with van der Waals surface area (Å²) in [6.07, 6.45) is 5.18. The Labute approximate surface area is 104 Å². The summed E-state index contributed by atoms with van der Waals surface area (Å²) in [5.41, 5.74) is 4.58. The first-order valence-electron chi connectivity index (χ1n) is 6.13. The summed E-state index contributed by atoms with van der Waals surface area (Å²) in [4.78, 5) is 11.8. The number of carbonyl (C=O) groups is 1. The molecule has 1 fully saturated rings. The molecule has 1 aliphatic rings. The smallest absolute Gasteiger partial charge is 0.251 e. The molecular formula is C13H16F2N2O. The highest BCUT2D eigenvalue weighted by atomic mass is 19.1. The van der Waals surface area contributed by atoms with Crippen LogP contribution in [0, 0.1) is 11.6 Å². The van der Waals surface area contributed by atoms with Gasteiger partial charge in [-0.15, -0.1) is 0 Å². The molecule has 1 amide bonds. The number of halogens is 2. The number of amides is 1. The van der Waals surface area contributed by atoms with E-state index < -0.39 is 23.2 Å². The number of hydrogen-bond acceptors (Lipinski definition) is 2. The number of anilines is 1. The van der Waals surface area contributed by atoms with Crippen molar-refractivity contribution in [3.63, 3.8) is 0 Å². The molecule has 0 saturated heterocycles. The van der Waals surface area contributed by atoms with Crippen molar-refractivity contribution in [2.45, 2.75) is 38.1 Å². The molecule has 0 aliphatic heterocycles. The first kappa shape index (κ1) is 12.8. The van der Waals surface area contributed by atoms with E-state index in [2.05, 4.69) is 5.32 Å². The highest BCUT2D eigenvalue weighted by Gasteiger charge is 2.18. The van der Waals surface area contributed by atoms with E-state index >= 15 is 0 Å². The lowest BCUT2D eigenvalue weighted by Crippen LogP contribution is -2.36. The molecule has 0 bridgehead atoms. The molecule has 18 heavy (non-hydrogen) atoms. The lowest BCUT2D eigenvalue weighted by atomic mass is 9.95. The number of benzene rings is 1. The first-order valence-corrected chi connectivity index (χ1v) is 6.13. The molecule has 3 N–H and O–H groups in total. The van der Waals surface area contributed by atoms with Crippen molar-refractivity contribution in [1.82, 2.24) is 5.32 Å². The number of nitrogens with two attached hydrogens (primary N) is 1. The van der Waals surface area contributed by atoms with E-state index in [1.165, 1.54) is 6.42 Å². The summed E-state index contributed by atoms with van der Waals surface area (Å²) in [6.45, 7) is 0. The van der Waals surface area contributed by atoms with Crippen molar-refractivity contribution in [1.29, 1.82) is 0 Å². The Morgan fingerprint density at radius 2 is 1.72 bits per heavy atom. The highest BCUT2D eigenvalue weighted by molar-refractivity contribution is 5.94. The van der Waals surface area contributed by atoms with Gasteiger partial charge in [0.2, 0.25) is 0 Å². The third-order valence-corrected chi connectivity index (χ3v) is 3.28. The predicted molar refractivity (Wildman–Crippen MR) is 65.1 cm³/mol. The number of rotatable bonds is 2. The van der Waals surface area contributed by atoms with Gasteiger partial charge in [0, 0.05) is 11.6 Å². The van der Waals surface area contributed by atoms with Gasteiger partial charge in [0.05, 0.1) is 0 Å². The van der Waals surface area contributed by atoms with Crippen molar-refractivity contribution < 1.29 is 13.6 Å². The second-order valence-corrected chi connectivity index (χ2v) is 4.66. The van der Waals surface area contributed by atoms with Crippen LogP contribution in [0.25, 0.3) is 0 Å². The molecule has 0 heterocycles. The SMILES string of the molecule is Nc1c(F)cc(C(=O)NC2CCCCC2)cc1F. The van der Waals surface area contributed by atoms with Gasteiger partial charge in [-0.05, 0) is 25.0 Å². The third kappa shape index (κ3) is 2.78. The van der Waals surface area contributed by atoms with Gasteiger partial charge in [-0.3, -0.25) is 4.79 Å². The minimum absolute atomic E-state index is 0.0234. The first-order chi connectivity index (χ1) is 8.58. The van der Waals surface area contributed by atoms with Crippen LogP contribution in [0.2, 0.25) is 0 Å². The maximum atomic E-state index is 13.2. The van der Waals surface area contributed by atoms with Gasteiger partial charge in [-0.1, -0.05) is 19.3 Å². The molecule has 1 saturated carbocycles. The number of nitrogens with one attached hydrogen (secondary N) is 1. The second-order valence-electron chi connectivity index (χ2n) is 4.66. The van der Waals surface area contributed by atoms with Gasteiger partial charge in [0.1, 0.15) is 17.3 Å². The fourth-order valence-corrected chi connectivity index (χ4v) is 2.23. The van der Waals surface area contributed by atoms with Gasteiger partial charge < -0.3 is 11.1 Å². The van der Waals surface area contributed by atoms with E-state index in [1.807, 2.05) is 0 Å². The molecule has 1 aliphatic carbocycles. The minimum atomic E-state index is -0.899. The van der Waals surface area contributed by atoms with Gasteiger partial charge in [0.25, 0.3) is 5.91 Å². The Morgan fingerprint density at radius 1 is 1.17 bits per heavy atom. The Morgan fingerprint density at radius 3 is 2.28 bits per heavy atom. The molecule has 0 aromatic heterocycles. The largest absolute Gasteiger partial charge is 0.394 e. The second kappa shape index (κ2) is 5.33. The van der Waals surface area contributed by atoms with Crippen LogP contribution < -0.4 is 11.1 Å². The van der Waals surface area contributed by atoms with Crippen LogP contribution in [0.1, 0.15) is 42.5 Å². The van der Waals surface area contributed by atoms with Crippen molar-refractivity contribution in [2.75, 3.05) is 5.73 Å². The number of carbonyl (C=O) groups excluding carboxylic acids is 1. The van der Waals surface area contributed by atoms with Crippen LogP contribution in [0.3, 0.4) is 0 Å². The normalized spacial score (nSPS) is 16.6. The maximum Gasteiger partial charge on any atom is 0.251 e. The average Bonchev–Trinajstić information content (AvgIpc) is 2.36. The molecule has 3 nitrogen and oxygen atoms in total. The molecule has 98 valence electrons. The fourth-order valence-electron chi connectivity index (χ4n) is 2.23. The van der Waals surface area contributed by atoms with Crippen molar-refractivity contribution in [3.8, 4) is 0 Å². The Balaban J connectivity index is 2.08. The lowest BCUT2D eigenvalue weighted by molar-refractivity contribution is 0.0927. The maximum absolute atomic E-state index is 13.2. The zero-order valence-corrected chi connectivity index (χ0v) is 10.0. The van der Waals surface area contributed by atoms with E-state index in [1.54, 1.807) is 0 Å². The van der Waals surface area contributed by atoms with Crippen LogP contribution >= 0.6 is 0 Å². The number of nitrogen functional groups attached to an aromatic ring is 1. The summed E-state index contributed by atoms with van der Waals surface area (Å²) in [7, 11) is 0. The topological polar surface area (TPSA) is 55.1 Å². The summed E-state index contributed by atoms with van der Waals surface area (Å²) in [5, 5.41) is 2.80. The third-order valence-electron chi connectivity index (χ3n) is 3.28. The molecule has 1 aromatic rings. The standard InChI is InChI=1S/C13H16F2N2O/c14-10-6-8(7-11(15)12(10)16)13(18)17-9-4-2-1-3-5-9/h6-7,9H,1-5,16H2,(H,17,18). The summed E-state index contributed by atoms with van der Waals surface area (Å²) < 4.78 is 26.5. The van der Waals surface area contributed by atoms with Crippen molar-refractivity contribution in [2.24, 2.45) is 0 Å². The van der Waals surface area contributed by atoms with E-state index in [0.717, 1.165) is 37.8 Å². The Bertz CT molecular complexity index is 433. The molecule has 0 radical (unpaired) electrons. The molecule has 0 atom stereocenters. The Hall–Kier alpha value is -1.65.